The van der Waals surface area contributed by atoms with Gasteiger partial charge in [-0.05, 0) is 68.9 Å². The zero-order valence-electron chi connectivity index (χ0n) is 17.9. The molecule has 3 heterocycles. The highest BCUT2D eigenvalue weighted by Gasteiger charge is 2.42. The van der Waals surface area contributed by atoms with Gasteiger partial charge in [-0.15, -0.1) is 0 Å². The van der Waals surface area contributed by atoms with E-state index in [0.29, 0.717) is 19.1 Å². The molecule has 1 saturated heterocycles. The van der Waals surface area contributed by atoms with Crippen LogP contribution in [-0.2, 0) is 19.6 Å². The lowest BCUT2D eigenvalue weighted by Gasteiger charge is -2.42. The monoisotopic (exact) mass is 448 g/mol. The molecule has 5 aliphatic rings. The topological polar surface area (TPSA) is 84.9 Å². The Labute approximate surface area is 184 Å². The van der Waals surface area contributed by atoms with Gasteiger partial charge in [0.25, 0.3) is 5.91 Å². The fraction of sp³-hybridized carbons (Fsp3) is 0.696. The Morgan fingerprint density at radius 1 is 1.00 bits per heavy atom. The number of rotatable bonds is 3. The highest BCUT2D eigenvalue weighted by Crippen LogP contribution is 2.39. The van der Waals surface area contributed by atoms with Crippen molar-refractivity contribution < 1.29 is 22.7 Å². The third kappa shape index (κ3) is 4.61. The van der Waals surface area contributed by atoms with Gasteiger partial charge in [0.05, 0.1) is 24.0 Å². The lowest BCUT2D eigenvalue weighted by Crippen LogP contribution is -2.60. The standard InChI is InChI=1S/C23H32N2O5S/c26-23-15-30-22-6-2-1-4-19(22)16-7-9-17(10-8-16)29-14-21-20(5-3-13-25(21)23)24-31(27,28)18-11-12-18/h1-2,4,6,16-18,20-21,24H,3,5,7-15H2/t16?,17?,20-,21-/m0/s1. The van der Waals surface area contributed by atoms with Crippen LogP contribution in [0.3, 0.4) is 0 Å². The molecule has 0 unspecified atom stereocenters. The fourth-order valence-electron chi connectivity index (χ4n) is 5.34. The molecule has 8 heteroatoms. The van der Waals surface area contributed by atoms with Gasteiger partial charge in [0.15, 0.2) is 6.61 Å². The van der Waals surface area contributed by atoms with E-state index in [9.17, 15) is 13.2 Å². The van der Waals surface area contributed by atoms with Gasteiger partial charge in [-0.25, -0.2) is 13.1 Å². The largest absolute Gasteiger partial charge is 0.483 e. The number of fused-ring (bicyclic) bond motifs is 5. The molecular formula is C23H32N2O5S. The predicted molar refractivity (Wildman–Crippen MR) is 116 cm³/mol. The summed E-state index contributed by atoms with van der Waals surface area (Å²) in [6.45, 7) is 0.935. The average molecular weight is 449 g/mol. The summed E-state index contributed by atoms with van der Waals surface area (Å²) in [6.07, 6.45) is 7.10. The van der Waals surface area contributed by atoms with Crippen LogP contribution in [0.4, 0.5) is 0 Å². The molecule has 6 rings (SSSR count). The Hall–Kier alpha value is -1.64. The Morgan fingerprint density at radius 3 is 2.55 bits per heavy atom. The maximum atomic E-state index is 13.2. The predicted octanol–water partition coefficient (Wildman–Crippen LogP) is 2.56. The number of hydrogen-bond donors (Lipinski definition) is 1. The third-order valence-corrected chi connectivity index (χ3v) is 9.25. The van der Waals surface area contributed by atoms with Gasteiger partial charge in [0.2, 0.25) is 10.0 Å². The number of ether oxygens (including phenoxy) is 2. The molecule has 3 aliphatic heterocycles. The Balaban J connectivity index is 1.40. The maximum Gasteiger partial charge on any atom is 0.260 e. The van der Waals surface area contributed by atoms with E-state index < -0.39 is 10.0 Å². The van der Waals surface area contributed by atoms with Crippen LogP contribution in [-0.4, -0.2) is 62.4 Å². The number of nitrogens with zero attached hydrogens (tertiary/aromatic N) is 1. The molecule has 0 aromatic heterocycles. The number of hydrogen-bond acceptors (Lipinski definition) is 5. The number of sulfonamides is 1. The Kier molecular flexibility index (Phi) is 5.96. The van der Waals surface area contributed by atoms with Crippen LogP contribution in [0.2, 0.25) is 0 Å². The molecule has 0 radical (unpaired) electrons. The van der Waals surface area contributed by atoms with Crippen LogP contribution < -0.4 is 9.46 Å². The van der Waals surface area contributed by atoms with Gasteiger partial charge in [-0.2, -0.15) is 0 Å². The number of carbonyl (C=O) groups is 1. The quantitative estimate of drug-likeness (QED) is 0.768. The van der Waals surface area contributed by atoms with E-state index in [0.717, 1.165) is 57.1 Å². The second kappa shape index (κ2) is 8.71. The molecule has 7 nitrogen and oxygen atoms in total. The maximum absolute atomic E-state index is 13.2. The molecule has 1 aromatic carbocycles. The zero-order valence-corrected chi connectivity index (χ0v) is 18.7. The first-order valence-electron chi connectivity index (χ1n) is 11.7. The molecular weight excluding hydrogens is 416 g/mol. The molecule has 170 valence electrons. The zero-order chi connectivity index (χ0) is 21.4. The third-order valence-electron chi connectivity index (χ3n) is 7.27. The van der Waals surface area contributed by atoms with Crippen LogP contribution in [0.5, 0.6) is 5.75 Å². The second-order valence-electron chi connectivity index (χ2n) is 9.40. The van der Waals surface area contributed by atoms with Crippen LogP contribution >= 0.6 is 0 Å². The molecule has 2 bridgehead atoms. The fourth-order valence-corrected chi connectivity index (χ4v) is 6.99. The number of benzene rings is 1. The van der Waals surface area contributed by atoms with Gasteiger partial charge < -0.3 is 14.4 Å². The minimum absolute atomic E-state index is 0.0360. The molecule has 2 aliphatic carbocycles. The van der Waals surface area contributed by atoms with E-state index in [4.69, 9.17) is 9.47 Å². The molecule has 3 fully saturated rings. The van der Waals surface area contributed by atoms with Crippen LogP contribution in [0, 0.1) is 0 Å². The lowest BCUT2D eigenvalue weighted by molar-refractivity contribution is -0.140. The number of carbonyl (C=O) groups excluding carboxylic acids is 1. The van der Waals surface area contributed by atoms with Crippen molar-refractivity contribution in [3.63, 3.8) is 0 Å². The normalized spacial score (nSPS) is 32.1. The van der Waals surface area contributed by atoms with E-state index >= 15 is 0 Å². The molecule has 1 amide bonds. The molecule has 2 atom stereocenters. The number of para-hydroxylation sites is 1. The summed E-state index contributed by atoms with van der Waals surface area (Å²) in [6, 6.07) is 7.43. The smallest absolute Gasteiger partial charge is 0.260 e. The van der Waals surface area contributed by atoms with Gasteiger partial charge in [0.1, 0.15) is 5.75 Å². The summed E-state index contributed by atoms with van der Waals surface area (Å²) in [5.41, 5.74) is 1.18. The van der Waals surface area contributed by atoms with E-state index in [1.807, 2.05) is 18.2 Å². The van der Waals surface area contributed by atoms with Gasteiger partial charge in [-0.3, -0.25) is 4.79 Å². The first-order chi connectivity index (χ1) is 15.0. The molecule has 2 saturated carbocycles. The summed E-state index contributed by atoms with van der Waals surface area (Å²) < 4.78 is 40.5. The summed E-state index contributed by atoms with van der Waals surface area (Å²) in [5.74, 6) is 1.11. The minimum atomic E-state index is -3.34. The van der Waals surface area contributed by atoms with Crippen LogP contribution in [0.25, 0.3) is 0 Å². The molecule has 31 heavy (non-hydrogen) atoms. The molecule has 1 N–H and O–H groups in total. The first-order valence-corrected chi connectivity index (χ1v) is 13.2. The van der Waals surface area contributed by atoms with Crippen LogP contribution in [0.15, 0.2) is 24.3 Å². The van der Waals surface area contributed by atoms with Crippen molar-refractivity contribution in [2.75, 3.05) is 19.8 Å². The van der Waals surface area contributed by atoms with E-state index in [1.165, 1.54) is 5.56 Å². The SMILES string of the molecule is O=C1COc2ccccc2C2CCC(CC2)OC[C@H]2[C@@H](NS(=O)(=O)C3CC3)CCCN12. The van der Waals surface area contributed by atoms with Crippen molar-refractivity contribution in [3.8, 4) is 5.75 Å². The van der Waals surface area contributed by atoms with Crippen molar-refractivity contribution in [1.82, 2.24) is 9.62 Å². The lowest BCUT2D eigenvalue weighted by atomic mass is 9.82. The second-order valence-corrected chi connectivity index (χ2v) is 11.4. The Bertz CT molecular complexity index is 908. The number of piperidine rings is 1. The van der Waals surface area contributed by atoms with E-state index in [1.54, 1.807) is 4.90 Å². The van der Waals surface area contributed by atoms with E-state index in [2.05, 4.69) is 10.8 Å². The first kappa shape index (κ1) is 21.2. The van der Waals surface area contributed by atoms with Gasteiger partial charge >= 0.3 is 0 Å². The molecule has 1 aromatic rings. The number of amides is 1. The summed E-state index contributed by atoms with van der Waals surface area (Å²) >= 11 is 0. The average Bonchev–Trinajstić information content (AvgIpc) is 3.63. The van der Waals surface area contributed by atoms with Crippen molar-refractivity contribution in [3.05, 3.63) is 29.8 Å². The molecule has 0 spiro atoms. The Morgan fingerprint density at radius 2 is 1.77 bits per heavy atom. The van der Waals surface area contributed by atoms with E-state index in [-0.39, 0.29) is 36.0 Å². The van der Waals surface area contributed by atoms with Crippen molar-refractivity contribution >= 4 is 15.9 Å². The summed E-state index contributed by atoms with van der Waals surface area (Å²) in [5, 5.41) is -0.274. The van der Waals surface area contributed by atoms with Gasteiger partial charge in [-0.1, -0.05) is 18.2 Å². The van der Waals surface area contributed by atoms with Crippen LogP contribution in [0.1, 0.15) is 62.8 Å². The van der Waals surface area contributed by atoms with Crippen molar-refractivity contribution in [1.29, 1.82) is 0 Å². The van der Waals surface area contributed by atoms with Crippen molar-refractivity contribution in [2.24, 2.45) is 0 Å². The highest BCUT2D eigenvalue weighted by molar-refractivity contribution is 7.90. The summed E-state index contributed by atoms with van der Waals surface area (Å²) in [7, 11) is -3.34. The van der Waals surface area contributed by atoms with Crippen molar-refractivity contribution in [2.45, 2.75) is 80.7 Å². The minimum Gasteiger partial charge on any atom is -0.483 e. The number of nitrogens with one attached hydrogen (secondary N) is 1. The summed E-state index contributed by atoms with van der Waals surface area (Å²) in [4.78, 5) is 15.0. The highest BCUT2D eigenvalue weighted by atomic mass is 32.2. The van der Waals surface area contributed by atoms with Gasteiger partial charge in [0, 0.05) is 12.6 Å².